The van der Waals surface area contributed by atoms with Gasteiger partial charge in [0.2, 0.25) is 0 Å². The SMILES string of the molecule is C#CCC(C)NC(=O)c1ccccc1C. The first kappa shape index (κ1) is 11.3. The third-order valence-corrected chi connectivity index (χ3v) is 2.19. The van der Waals surface area contributed by atoms with E-state index in [0.717, 1.165) is 5.56 Å². The van der Waals surface area contributed by atoms with Crippen LogP contribution in [-0.4, -0.2) is 11.9 Å². The first-order valence-corrected chi connectivity index (χ1v) is 4.95. The molecule has 0 aliphatic heterocycles. The van der Waals surface area contributed by atoms with Gasteiger partial charge in [-0.15, -0.1) is 12.3 Å². The highest BCUT2D eigenvalue weighted by atomic mass is 16.1. The van der Waals surface area contributed by atoms with Crippen LogP contribution < -0.4 is 5.32 Å². The summed E-state index contributed by atoms with van der Waals surface area (Å²) in [4.78, 5) is 11.8. The fraction of sp³-hybridized carbons (Fsp3) is 0.308. The predicted molar refractivity (Wildman–Crippen MR) is 61.6 cm³/mol. The Bertz CT molecular complexity index is 390. The molecule has 0 aliphatic carbocycles. The van der Waals surface area contributed by atoms with E-state index < -0.39 is 0 Å². The number of rotatable bonds is 3. The maximum atomic E-state index is 11.8. The summed E-state index contributed by atoms with van der Waals surface area (Å²) in [5, 5.41) is 2.86. The van der Waals surface area contributed by atoms with E-state index in [1.54, 1.807) is 0 Å². The lowest BCUT2D eigenvalue weighted by molar-refractivity contribution is 0.0940. The van der Waals surface area contributed by atoms with E-state index in [4.69, 9.17) is 6.42 Å². The molecule has 0 saturated heterocycles. The molecule has 0 spiro atoms. The number of hydrogen-bond acceptors (Lipinski definition) is 1. The number of benzene rings is 1. The van der Waals surface area contributed by atoms with Gasteiger partial charge < -0.3 is 5.32 Å². The van der Waals surface area contributed by atoms with Gasteiger partial charge in [-0.25, -0.2) is 0 Å². The summed E-state index contributed by atoms with van der Waals surface area (Å²) in [7, 11) is 0. The van der Waals surface area contributed by atoms with Crippen molar-refractivity contribution in [1.82, 2.24) is 5.32 Å². The Kier molecular flexibility index (Phi) is 3.93. The molecule has 0 radical (unpaired) electrons. The standard InChI is InChI=1S/C13H15NO/c1-4-7-11(3)14-13(15)12-9-6-5-8-10(12)2/h1,5-6,8-9,11H,7H2,2-3H3,(H,14,15). The number of hydrogen-bond donors (Lipinski definition) is 1. The minimum atomic E-state index is -0.0594. The molecule has 2 heteroatoms. The molecule has 1 aromatic carbocycles. The highest BCUT2D eigenvalue weighted by molar-refractivity contribution is 5.95. The van der Waals surface area contributed by atoms with Gasteiger partial charge >= 0.3 is 0 Å². The van der Waals surface area contributed by atoms with Gasteiger partial charge in [0, 0.05) is 18.0 Å². The molecule has 1 atom stereocenters. The molecule has 1 aromatic rings. The van der Waals surface area contributed by atoms with Crippen LogP contribution in [0.4, 0.5) is 0 Å². The maximum absolute atomic E-state index is 11.8. The fourth-order valence-electron chi connectivity index (χ4n) is 1.36. The summed E-state index contributed by atoms with van der Waals surface area (Å²) < 4.78 is 0. The molecular weight excluding hydrogens is 186 g/mol. The van der Waals surface area contributed by atoms with Gasteiger partial charge in [-0.05, 0) is 25.5 Å². The summed E-state index contributed by atoms with van der Waals surface area (Å²) in [6.07, 6.45) is 5.73. The van der Waals surface area contributed by atoms with Crippen LogP contribution in [0, 0.1) is 19.3 Å². The zero-order valence-corrected chi connectivity index (χ0v) is 9.08. The molecule has 2 nitrogen and oxygen atoms in total. The smallest absolute Gasteiger partial charge is 0.251 e. The zero-order chi connectivity index (χ0) is 11.3. The largest absolute Gasteiger partial charge is 0.349 e. The van der Waals surface area contributed by atoms with Crippen molar-refractivity contribution >= 4 is 5.91 Å². The van der Waals surface area contributed by atoms with Crippen LogP contribution in [0.5, 0.6) is 0 Å². The van der Waals surface area contributed by atoms with Crippen LogP contribution in [0.25, 0.3) is 0 Å². The Morgan fingerprint density at radius 1 is 1.53 bits per heavy atom. The van der Waals surface area contributed by atoms with Crippen LogP contribution in [0.3, 0.4) is 0 Å². The number of nitrogens with one attached hydrogen (secondary N) is 1. The van der Waals surface area contributed by atoms with E-state index >= 15 is 0 Å². The third-order valence-electron chi connectivity index (χ3n) is 2.19. The van der Waals surface area contributed by atoms with Gasteiger partial charge in [0.1, 0.15) is 0 Å². The van der Waals surface area contributed by atoms with Crippen LogP contribution in [0.15, 0.2) is 24.3 Å². The van der Waals surface area contributed by atoms with Gasteiger partial charge in [-0.2, -0.15) is 0 Å². The molecule has 1 unspecified atom stereocenters. The molecule has 1 N–H and O–H groups in total. The van der Waals surface area contributed by atoms with E-state index in [2.05, 4.69) is 11.2 Å². The molecule has 78 valence electrons. The Labute approximate surface area is 90.7 Å². The van der Waals surface area contributed by atoms with Crippen molar-refractivity contribution < 1.29 is 4.79 Å². The fourth-order valence-corrected chi connectivity index (χ4v) is 1.36. The second-order valence-electron chi connectivity index (χ2n) is 3.60. The summed E-state index contributed by atoms with van der Waals surface area (Å²) in [5.74, 6) is 2.46. The van der Waals surface area contributed by atoms with Crippen LogP contribution in [-0.2, 0) is 0 Å². The Morgan fingerprint density at radius 3 is 2.80 bits per heavy atom. The summed E-state index contributed by atoms with van der Waals surface area (Å²) >= 11 is 0. The van der Waals surface area contributed by atoms with Crippen molar-refractivity contribution in [2.75, 3.05) is 0 Å². The second kappa shape index (κ2) is 5.21. The summed E-state index contributed by atoms with van der Waals surface area (Å²) in [6.45, 7) is 3.82. The van der Waals surface area contributed by atoms with Crippen molar-refractivity contribution in [1.29, 1.82) is 0 Å². The normalized spacial score (nSPS) is 11.5. The van der Waals surface area contributed by atoms with E-state index in [1.807, 2.05) is 38.1 Å². The van der Waals surface area contributed by atoms with E-state index in [1.165, 1.54) is 0 Å². The first-order valence-electron chi connectivity index (χ1n) is 4.95. The lowest BCUT2D eigenvalue weighted by Gasteiger charge is -2.12. The molecule has 0 aliphatic rings. The molecule has 1 rings (SSSR count). The van der Waals surface area contributed by atoms with Crippen molar-refractivity contribution in [2.24, 2.45) is 0 Å². The minimum Gasteiger partial charge on any atom is -0.349 e. The second-order valence-corrected chi connectivity index (χ2v) is 3.60. The predicted octanol–water partition coefficient (Wildman–Crippen LogP) is 2.14. The quantitative estimate of drug-likeness (QED) is 0.746. The van der Waals surface area contributed by atoms with Crippen molar-refractivity contribution in [3.63, 3.8) is 0 Å². The highest BCUT2D eigenvalue weighted by Crippen LogP contribution is 2.07. The third kappa shape index (κ3) is 3.14. The van der Waals surface area contributed by atoms with E-state index in [-0.39, 0.29) is 11.9 Å². The number of carbonyl (C=O) groups excluding carboxylic acids is 1. The van der Waals surface area contributed by atoms with Gasteiger partial charge in [-0.1, -0.05) is 18.2 Å². The Balaban J connectivity index is 2.70. The van der Waals surface area contributed by atoms with Gasteiger partial charge in [0.25, 0.3) is 5.91 Å². The van der Waals surface area contributed by atoms with Crippen molar-refractivity contribution in [3.8, 4) is 12.3 Å². The van der Waals surface area contributed by atoms with Crippen molar-refractivity contribution in [3.05, 3.63) is 35.4 Å². The molecule has 0 bridgehead atoms. The van der Waals surface area contributed by atoms with Crippen molar-refractivity contribution in [2.45, 2.75) is 26.3 Å². The topological polar surface area (TPSA) is 29.1 Å². The summed E-state index contributed by atoms with van der Waals surface area (Å²) in [6, 6.07) is 7.51. The molecular formula is C13H15NO. The average molecular weight is 201 g/mol. The van der Waals surface area contributed by atoms with Gasteiger partial charge in [-0.3, -0.25) is 4.79 Å². The number of terminal acetylenes is 1. The number of aryl methyl sites for hydroxylation is 1. The lowest BCUT2D eigenvalue weighted by Crippen LogP contribution is -2.32. The van der Waals surface area contributed by atoms with Gasteiger partial charge in [0.05, 0.1) is 0 Å². The first-order chi connectivity index (χ1) is 7.15. The molecule has 0 saturated carbocycles. The van der Waals surface area contributed by atoms with E-state index in [9.17, 15) is 4.79 Å². The molecule has 0 heterocycles. The maximum Gasteiger partial charge on any atom is 0.251 e. The number of carbonyl (C=O) groups is 1. The van der Waals surface area contributed by atoms with Gasteiger partial charge in [0.15, 0.2) is 0 Å². The molecule has 15 heavy (non-hydrogen) atoms. The molecule has 0 aromatic heterocycles. The van der Waals surface area contributed by atoms with E-state index in [0.29, 0.717) is 12.0 Å². The van der Waals surface area contributed by atoms with Crippen LogP contribution >= 0.6 is 0 Å². The van der Waals surface area contributed by atoms with Crippen LogP contribution in [0.1, 0.15) is 29.3 Å². The Morgan fingerprint density at radius 2 is 2.20 bits per heavy atom. The molecule has 1 amide bonds. The lowest BCUT2D eigenvalue weighted by atomic mass is 10.1. The Hall–Kier alpha value is -1.75. The number of amides is 1. The monoisotopic (exact) mass is 201 g/mol. The average Bonchev–Trinajstić information content (AvgIpc) is 2.18. The summed E-state index contributed by atoms with van der Waals surface area (Å²) in [5.41, 5.74) is 1.68. The highest BCUT2D eigenvalue weighted by Gasteiger charge is 2.10. The molecule has 0 fully saturated rings. The van der Waals surface area contributed by atoms with Crippen LogP contribution in [0.2, 0.25) is 0 Å². The zero-order valence-electron chi connectivity index (χ0n) is 9.08. The minimum absolute atomic E-state index is 0.0158.